The van der Waals surface area contributed by atoms with Gasteiger partial charge in [-0.2, -0.15) is 4.98 Å². The van der Waals surface area contributed by atoms with Crippen molar-refractivity contribution in [1.29, 1.82) is 0.594 Å². The first-order valence-electron chi connectivity index (χ1n) is 23.4. The summed E-state index contributed by atoms with van der Waals surface area (Å²) in [5.41, 5.74) is 17.6. The summed E-state index contributed by atoms with van der Waals surface area (Å²) in [7, 11) is 2.47. The number of hydrogen-bond acceptors (Lipinski definition) is 17. The van der Waals surface area contributed by atoms with Crippen LogP contribution in [-0.2, 0) is 51.2 Å². The summed E-state index contributed by atoms with van der Waals surface area (Å²) >= 11 is -1.27. The van der Waals surface area contributed by atoms with Crippen LogP contribution in [0.2, 0.25) is 0 Å². The van der Waals surface area contributed by atoms with E-state index in [2.05, 4.69) is 35.6 Å². The van der Waals surface area contributed by atoms with Gasteiger partial charge in [0.15, 0.2) is 22.9 Å². The number of anilines is 1. The molecule has 73 heavy (non-hydrogen) atoms. The van der Waals surface area contributed by atoms with Crippen LogP contribution in [0.25, 0.3) is 11.2 Å². The number of Topliss-reactive ketones (excluding diaryl/α,β-unsaturated/α-hetero) is 2. The molecule has 400 valence electrons. The molecule has 2 amide bonds. The summed E-state index contributed by atoms with van der Waals surface area (Å²) < 4.78 is 6.05. The zero-order valence-electron chi connectivity index (χ0n) is 41.2. The number of amides is 2. The van der Waals surface area contributed by atoms with Crippen molar-refractivity contribution >= 4 is 95.7 Å². The molecule has 24 nitrogen and oxygen atoms in total. The van der Waals surface area contributed by atoms with Crippen molar-refractivity contribution in [3.05, 3.63) is 57.6 Å². The van der Waals surface area contributed by atoms with Crippen LogP contribution in [0.3, 0.4) is 0 Å². The first kappa shape index (κ1) is 59.3. The van der Waals surface area contributed by atoms with Gasteiger partial charge in [0.05, 0.1) is 24.2 Å². The van der Waals surface area contributed by atoms with Crippen molar-refractivity contribution in [3.8, 4) is 0 Å². The summed E-state index contributed by atoms with van der Waals surface area (Å²) in [6, 6.07) is 3.71. The standard InChI is InChI=1S/C46H62IN10O14S2/c1-46(2,73-72-18-4-6-34(47)60)30(43(70)71)21-33(59)31(22-37(64)65)55-40(66)26(5-3-17-51-44(48)49)12-15-28(20-36(62)63)53-35(61)16-13-27(42(68)69)19-32(58)25-10-7-24(8-11-25)9-14-29-23-52-39-38(54-29)41(67)57-45(50)56-39/h7-8,10-11,23,26-28,30-31,47H,3-6,9,12-22H2,1-2H3,(H,53,61)(H,55,66)(H,62,63)(H,64,65)(H,68,69)(H,70,71)(H4,48,49,51)(H3,50,52,56,57,67)/q-1/i47D. The van der Waals surface area contributed by atoms with Gasteiger partial charge in [0, 0.05) is 36.9 Å². The number of carboxylic acids is 4. The SMILES string of the molecule is [2H][I-]C(=O)CCCSSC(C)(C)C(CC(=O)C(CC(=O)O)NC(=O)C(CCCN=C(N)N)CCC(CC(=O)O)NC(=O)CCC(CC(=O)c1ccc(CCc2cnc3nc(N)[nH]c(=O)c3n2)cc1)C(=O)O)C(=O)O. The Morgan fingerprint density at radius 1 is 0.836 bits per heavy atom. The van der Waals surface area contributed by atoms with Crippen molar-refractivity contribution in [3.63, 3.8) is 0 Å². The molecule has 0 saturated carbocycles. The van der Waals surface area contributed by atoms with E-state index in [1.807, 2.05) is 0 Å². The van der Waals surface area contributed by atoms with Crippen molar-refractivity contribution in [1.82, 2.24) is 30.6 Å². The van der Waals surface area contributed by atoms with E-state index in [-0.39, 0.29) is 77.5 Å². The minimum atomic E-state index is -1.66. The average molecular weight is 1170 g/mol. The second kappa shape index (κ2) is 30.1. The number of nitrogens with zero attached hydrogens (tertiary/aromatic N) is 4. The number of guanidine groups is 1. The van der Waals surface area contributed by atoms with E-state index in [4.69, 9.17) is 17.8 Å². The number of aromatic nitrogens is 4. The molecule has 0 radical (unpaired) electrons. The number of carboxylic acid groups (broad SMARTS) is 4. The van der Waals surface area contributed by atoms with E-state index in [9.17, 15) is 68.4 Å². The van der Waals surface area contributed by atoms with Gasteiger partial charge in [0.25, 0.3) is 5.56 Å². The van der Waals surface area contributed by atoms with Crippen LogP contribution in [-0.4, -0.2) is 127 Å². The molecule has 13 N–H and O–H groups in total. The summed E-state index contributed by atoms with van der Waals surface area (Å²) in [4.78, 5) is 145. The van der Waals surface area contributed by atoms with Crippen molar-refractivity contribution in [2.45, 2.75) is 121 Å². The monoisotopic (exact) mass is 1170 g/mol. The maximum atomic E-state index is 13.9. The molecule has 5 unspecified atom stereocenters. The van der Waals surface area contributed by atoms with Gasteiger partial charge in [0.1, 0.15) is 0 Å². The summed E-state index contributed by atoms with van der Waals surface area (Å²) in [6.07, 6.45) is -0.212. The number of hydrogen-bond donors (Lipinski definition) is 10. The number of nitrogen functional groups attached to an aromatic ring is 1. The Balaban J connectivity index is 1.65. The number of aliphatic imine (C=N–C) groups is 1. The first-order valence-corrected chi connectivity index (χ1v) is 26.4. The number of ketones is 2. The predicted molar refractivity (Wildman–Crippen MR) is 267 cm³/mol. The molecule has 3 aromatic rings. The molecule has 0 aliphatic heterocycles. The van der Waals surface area contributed by atoms with Crippen LogP contribution in [0.5, 0.6) is 0 Å². The molecular weight excluding hydrogens is 1110 g/mol. The molecule has 27 heteroatoms. The topological polar surface area (TPSA) is 421 Å². The molecule has 5 atom stereocenters. The molecule has 3 rings (SSSR count). The van der Waals surface area contributed by atoms with E-state index >= 15 is 0 Å². The molecule has 0 bridgehead atoms. The van der Waals surface area contributed by atoms with E-state index in [1.54, 1.807) is 26.0 Å². The van der Waals surface area contributed by atoms with Gasteiger partial charge in [-0.15, -0.1) is 0 Å². The molecule has 2 heterocycles. The fraction of sp³-hybridized carbons (Fsp3) is 0.522. The summed E-state index contributed by atoms with van der Waals surface area (Å²) in [6.45, 7) is 3.27. The van der Waals surface area contributed by atoms with Crippen LogP contribution >= 0.6 is 21.6 Å². The molecule has 0 aliphatic carbocycles. The van der Waals surface area contributed by atoms with Gasteiger partial charge >= 0.3 is 165 Å². The number of aromatic amines is 1. The first-order chi connectivity index (χ1) is 34.9. The Morgan fingerprint density at radius 3 is 2.16 bits per heavy atom. The van der Waals surface area contributed by atoms with Crippen LogP contribution in [0.15, 0.2) is 40.2 Å². The zero-order chi connectivity index (χ0) is 55.1. The Bertz CT molecular complexity index is 2590. The van der Waals surface area contributed by atoms with E-state index in [0.29, 0.717) is 30.7 Å². The normalized spacial score (nSPS) is 13.6. The number of aliphatic carboxylic acids is 4. The summed E-state index contributed by atoms with van der Waals surface area (Å²) in [5, 5.41) is 44.6. The van der Waals surface area contributed by atoms with Crippen molar-refractivity contribution in [2.24, 2.45) is 34.2 Å². The van der Waals surface area contributed by atoms with Crippen LogP contribution in [0, 0.1) is 17.8 Å². The van der Waals surface area contributed by atoms with E-state index < -0.39 is 142 Å². The Hall–Kier alpha value is -6.23. The number of nitrogens with two attached hydrogens (primary N) is 3. The molecule has 2 aromatic heterocycles. The van der Waals surface area contributed by atoms with Gasteiger partial charge in [-0.3, -0.25) is 43.5 Å². The number of aryl methyl sites for hydroxylation is 2. The molecule has 1 aromatic carbocycles. The molecule has 0 fully saturated rings. The van der Waals surface area contributed by atoms with Gasteiger partial charge in [0.2, 0.25) is 17.8 Å². The summed E-state index contributed by atoms with van der Waals surface area (Å²) in [5.74, 6) is -11.8. The van der Waals surface area contributed by atoms with E-state index in [1.165, 1.54) is 39.9 Å². The number of halogens is 1. The third kappa shape index (κ3) is 22.2. The van der Waals surface area contributed by atoms with Crippen LogP contribution in [0.4, 0.5) is 5.95 Å². The Labute approximate surface area is 441 Å². The quantitative estimate of drug-likeness (QED) is 0.00629. The van der Waals surface area contributed by atoms with Crippen molar-refractivity contribution < 1.29 is 86.0 Å². The van der Waals surface area contributed by atoms with Crippen molar-refractivity contribution in [2.75, 3.05) is 18.0 Å². The average Bonchev–Trinajstić information content (AvgIpc) is 3.32. The van der Waals surface area contributed by atoms with E-state index in [0.717, 1.165) is 5.56 Å². The fourth-order valence-electron chi connectivity index (χ4n) is 7.48. The zero-order valence-corrected chi connectivity index (χ0v) is 44.0. The number of H-pyrrole nitrogens is 1. The number of carbonyl (C=O) groups is 9. The predicted octanol–water partition coefficient (Wildman–Crippen LogP) is -1.08. The maximum absolute atomic E-state index is 13.9. The van der Waals surface area contributed by atoms with Crippen LogP contribution < -0.4 is 55.8 Å². The number of benzene rings is 1. The van der Waals surface area contributed by atoms with Crippen LogP contribution in [0.1, 0.15) is 113 Å². The molecule has 0 spiro atoms. The molecular formula is C46H62IN10O14S2-. The van der Waals surface area contributed by atoms with Gasteiger partial charge < -0.3 is 37.8 Å². The Kier molecular flexibility index (Phi) is 24.5. The second-order valence-electron chi connectivity index (χ2n) is 17.7. The number of fused-ring (bicyclic) bond motifs is 1. The second-order valence-corrected chi connectivity index (χ2v) is 21.9. The fourth-order valence-corrected chi connectivity index (χ4v) is 10.7. The van der Waals surface area contributed by atoms with Gasteiger partial charge in [-0.25, -0.2) is 9.97 Å². The number of rotatable bonds is 36. The number of carbonyl (C=O) groups excluding carboxylic acids is 5. The molecule has 0 aliphatic rings. The third-order valence-corrected chi connectivity index (χ3v) is 15.4. The molecule has 0 saturated heterocycles. The Morgan fingerprint density at radius 2 is 1.53 bits per heavy atom. The van der Waals surface area contributed by atoms with Gasteiger partial charge in [-0.05, 0) is 50.5 Å². The third-order valence-electron chi connectivity index (χ3n) is 11.5. The van der Waals surface area contributed by atoms with Gasteiger partial charge in [-0.1, -0.05) is 24.3 Å². The minimum absolute atomic E-state index is 0.0367. The number of nitrogens with one attached hydrogen (secondary N) is 3.